The third kappa shape index (κ3) is 3.11. The summed E-state index contributed by atoms with van der Waals surface area (Å²) in [6.07, 6.45) is 1.85. The van der Waals surface area contributed by atoms with E-state index in [-0.39, 0.29) is 0 Å². The second-order valence-electron chi connectivity index (χ2n) is 5.61. The van der Waals surface area contributed by atoms with Gasteiger partial charge in [-0.05, 0) is 25.1 Å². The quantitative estimate of drug-likeness (QED) is 0.613. The minimum atomic E-state index is -3.39. The van der Waals surface area contributed by atoms with Crippen LogP contribution in [0.4, 0.5) is 5.69 Å². The minimum absolute atomic E-state index is 0.619. The highest BCUT2D eigenvalue weighted by molar-refractivity contribution is 7.54. The Morgan fingerprint density at radius 2 is 1.71 bits per heavy atom. The number of para-hydroxylation sites is 1. The number of H-pyrrole nitrogens is 1. The van der Waals surface area contributed by atoms with Gasteiger partial charge in [-0.25, -0.2) is 0 Å². The molecule has 2 aromatic carbocycles. The Kier molecular flexibility index (Phi) is 4.76. The van der Waals surface area contributed by atoms with E-state index < -0.39 is 13.4 Å². The summed E-state index contributed by atoms with van der Waals surface area (Å²) in [6.45, 7) is 2.02. The van der Waals surface area contributed by atoms with Gasteiger partial charge in [0.1, 0.15) is 0 Å². The highest BCUT2D eigenvalue weighted by Gasteiger charge is 2.37. The first-order valence-electron chi connectivity index (χ1n) is 7.68. The molecule has 2 N–H and O–H groups in total. The smallest absolute Gasteiger partial charge is 0.356 e. The lowest BCUT2D eigenvalue weighted by molar-refractivity contribution is 0.268. The van der Waals surface area contributed by atoms with Crippen molar-refractivity contribution in [1.82, 2.24) is 4.98 Å². The number of hydrogen-bond donors (Lipinski definition) is 2. The van der Waals surface area contributed by atoms with Crippen molar-refractivity contribution in [2.24, 2.45) is 0 Å². The summed E-state index contributed by atoms with van der Waals surface area (Å²) in [4.78, 5) is 3.21. The topological polar surface area (TPSA) is 63.4 Å². The lowest BCUT2D eigenvalue weighted by Gasteiger charge is -2.26. The van der Waals surface area contributed by atoms with Crippen molar-refractivity contribution >= 4 is 24.2 Å². The maximum Gasteiger partial charge on any atom is 0.356 e. The molecule has 5 nitrogen and oxygen atoms in total. The van der Waals surface area contributed by atoms with Crippen molar-refractivity contribution in [3.63, 3.8) is 0 Å². The maximum atomic E-state index is 13.1. The van der Waals surface area contributed by atoms with Crippen LogP contribution in [0.5, 0.6) is 0 Å². The molecule has 0 unspecified atom stereocenters. The van der Waals surface area contributed by atoms with Crippen molar-refractivity contribution in [3.05, 3.63) is 65.9 Å². The molecule has 1 atom stereocenters. The fraction of sp³-hybridized carbons (Fsp3) is 0.222. The molecule has 3 aromatic rings. The second kappa shape index (κ2) is 6.81. The highest BCUT2D eigenvalue weighted by atomic mass is 31.2. The first-order chi connectivity index (χ1) is 11.6. The molecule has 0 aliphatic heterocycles. The Balaban J connectivity index is 2.08. The van der Waals surface area contributed by atoms with Gasteiger partial charge in [0.05, 0.1) is 0 Å². The summed E-state index contributed by atoms with van der Waals surface area (Å²) in [5.41, 5.74) is 3.83. The summed E-state index contributed by atoms with van der Waals surface area (Å²) < 4.78 is 23.7. The second-order valence-corrected chi connectivity index (χ2v) is 7.93. The third-order valence-electron chi connectivity index (χ3n) is 4.10. The molecular weight excluding hydrogens is 323 g/mol. The molecule has 0 amide bonds. The zero-order chi connectivity index (χ0) is 17.2. The predicted molar refractivity (Wildman–Crippen MR) is 97.5 cm³/mol. The van der Waals surface area contributed by atoms with Crippen molar-refractivity contribution in [1.29, 1.82) is 0 Å². The summed E-state index contributed by atoms with van der Waals surface area (Å²) >= 11 is 0. The van der Waals surface area contributed by atoms with Crippen LogP contribution < -0.4 is 5.32 Å². The maximum absolute atomic E-state index is 13.1. The number of hydrogen-bond acceptors (Lipinski definition) is 4. The largest absolute Gasteiger partial charge is 0.368 e. The Morgan fingerprint density at radius 3 is 2.38 bits per heavy atom. The van der Waals surface area contributed by atoms with E-state index in [9.17, 15) is 4.57 Å². The standard InChI is InChI=1S/C18H21N2O3P/c1-13-8-10-14(11-9-13)20-18(24(21,22-2)23-3)16-12-19-17-7-5-4-6-15(16)17/h4-12,18-20H,1-3H3/t18-/m0/s1. The van der Waals surface area contributed by atoms with E-state index in [1.807, 2.05) is 61.7 Å². The lowest BCUT2D eigenvalue weighted by Crippen LogP contribution is -2.13. The number of benzene rings is 2. The highest BCUT2D eigenvalue weighted by Crippen LogP contribution is 2.60. The van der Waals surface area contributed by atoms with E-state index in [4.69, 9.17) is 9.05 Å². The Bertz CT molecular complexity index is 865. The molecule has 0 radical (unpaired) electrons. The van der Waals surface area contributed by atoms with Gasteiger partial charge in [0.25, 0.3) is 0 Å². The van der Waals surface area contributed by atoms with E-state index in [1.54, 1.807) is 0 Å². The van der Waals surface area contributed by atoms with Gasteiger partial charge in [-0.2, -0.15) is 0 Å². The van der Waals surface area contributed by atoms with Gasteiger partial charge in [0.15, 0.2) is 5.78 Å². The zero-order valence-electron chi connectivity index (χ0n) is 13.9. The van der Waals surface area contributed by atoms with Gasteiger partial charge in [-0.15, -0.1) is 0 Å². The van der Waals surface area contributed by atoms with Crippen LogP contribution >= 0.6 is 7.60 Å². The van der Waals surface area contributed by atoms with E-state index in [0.29, 0.717) is 0 Å². The predicted octanol–water partition coefficient (Wildman–Crippen LogP) is 5.07. The van der Waals surface area contributed by atoms with Crippen molar-refractivity contribution in [3.8, 4) is 0 Å². The molecular formula is C18H21N2O3P. The van der Waals surface area contributed by atoms with Crippen LogP contribution in [0.1, 0.15) is 16.9 Å². The van der Waals surface area contributed by atoms with Crippen LogP contribution in [-0.4, -0.2) is 19.2 Å². The summed E-state index contributed by atoms with van der Waals surface area (Å²) in [5.74, 6) is -0.619. The molecule has 6 heteroatoms. The molecule has 0 saturated carbocycles. The number of rotatable bonds is 6. The average Bonchev–Trinajstić information content (AvgIpc) is 3.04. The molecule has 24 heavy (non-hydrogen) atoms. The Hall–Kier alpha value is -2.07. The summed E-state index contributed by atoms with van der Waals surface area (Å²) in [5, 5.41) is 4.29. The molecule has 1 aromatic heterocycles. The minimum Gasteiger partial charge on any atom is -0.368 e. The van der Waals surface area contributed by atoms with Gasteiger partial charge in [0.2, 0.25) is 0 Å². The summed E-state index contributed by atoms with van der Waals surface area (Å²) in [7, 11) is -0.581. The number of aryl methyl sites for hydroxylation is 1. The van der Waals surface area contributed by atoms with Crippen molar-refractivity contribution in [2.75, 3.05) is 19.5 Å². The fourth-order valence-corrected chi connectivity index (χ4v) is 4.17. The van der Waals surface area contributed by atoms with Crippen LogP contribution in [0.25, 0.3) is 10.9 Å². The van der Waals surface area contributed by atoms with Gasteiger partial charge >= 0.3 is 7.60 Å². The van der Waals surface area contributed by atoms with E-state index >= 15 is 0 Å². The van der Waals surface area contributed by atoms with Gasteiger partial charge in [-0.3, -0.25) is 4.57 Å². The zero-order valence-corrected chi connectivity index (χ0v) is 14.8. The normalized spacial score (nSPS) is 13.1. The monoisotopic (exact) mass is 344 g/mol. The van der Waals surface area contributed by atoms with E-state index in [0.717, 1.165) is 27.7 Å². The number of anilines is 1. The first-order valence-corrected chi connectivity index (χ1v) is 9.29. The molecule has 0 aliphatic rings. The van der Waals surface area contributed by atoms with Crippen LogP contribution in [-0.2, 0) is 13.6 Å². The SMILES string of the molecule is COP(=O)(OC)[C@H](Nc1ccc(C)cc1)c1c[nH]c2ccccc12. The molecule has 3 rings (SSSR count). The van der Waals surface area contributed by atoms with Crippen LogP contribution in [0.2, 0.25) is 0 Å². The molecule has 1 heterocycles. The number of aromatic nitrogens is 1. The molecule has 0 saturated heterocycles. The van der Waals surface area contributed by atoms with Crippen LogP contribution in [0, 0.1) is 6.92 Å². The number of nitrogens with one attached hydrogen (secondary N) is 2. The van der Waals surface area contributed by atoms with E-state index in [2.05, 4.69) is 10.3 Å². The van der Waals surface area contributed by atoms with Gasteiger partial charge in [0, 0.05) is 42.6 Å². The number of aromatic amines is 1. The lowest BCUT2D eigenvalue weighted by atomic mass is 10.1. The number of fused-ring (bicyclic) bond motifs is 1. The fourth-order valence-electron chi connectivity index (χ4n) is 2.74. The van der Waals surface area contributed by atoms with Crippen LogP contribution in [0.15, 0.2) is 54.7 Å². The van der Waals surface area contributed by atoms with Gasteiger partial charge < -0.3 is 19.3 Å². The Labute approximate surface area is 141 Å². The van der Waals surface area contributed by atoms with Crippen molar-refractivity contribution < 1.29 is 13.6 Å². The Morgan fingerprint density at radius 1 is 1.04 bits per heavy atom. The van der Waals surface area contributed by atoms with Crippen LogP contribution in [0.3, 0.4) is 0 Å². The van der Waals surface area contributed by atoms with Crippen molar-refractivity contribution in [2.45, 2.75) is 12.7 Å². The third-order valence-corrected chi connectivity index (χ3v) is 6.15. The van der Waals surface area contributed by atoms with E-state index in [1.165, 1.54) is 14.2 Å². The molecule has 0 aliphatic carbocycles. The van der Waals surface area contributed by atoms with Gasteiger partial charge in [-0.1, -0.05) is 35.9 Å². The molecule has 0 spiro atoms. The summed E-state index contributed by atoms with van der Waals surface area (Å²) in [6, 6.07) is 15.8. The average molecular weight is 344 g/mol. The molecule has 126 valence electrons. The molecule has 0 bridgehead atoms. The first kappa shape index (κ1) is 16.8. The molecule has 0 fully saturated rings.